The molecule has 1 aliphatic rings. The smallest absolute Gasteiger partial charge is 0.240 e. The van der Waals surface area contributed by atoms with Gasteiger partial charge in [0.1, 0.15) is 6.04 Å². The zero-order chi connectivity index (χ0) is 15.9. The number of hydrogen-bond donors (Lipinski definition) is 1. The van der Waals surface area contributed by atoms with E-state index >= 15 is 0 Å². The summed E-state index contributed by atoms with van der Waals surface area (Å²) < 4.78 is 26.8. The Morgan fingerprint density at radius 1 is 1.19 bits per heavy atom. The summed E-state index contributed by atoms with van der Waals surface area (Å²) in [6, 6.07) is -0.607. The Labute approximate surface area is 129 Å². The third-order valence-corrected chi connectivity index (χ3v) is 5.23. The van der Waals surface area contributed by atoms with Crippen molar-refractivity contribution in [2.45, 2.75) is 65.3 Å². The number of unbranched alkanes of at least 4 members (excludes halogenated alkanes) is 1. The molecule has 0 aromatic rings. The number of piperidine rings is 1. The maximum Gasteiger partial charge on any atom is 0.240 e. The molecule has 0 saturated carbocycles. The molecule has 21 heavy (non-hydrogen) atoms. The molecule has 1 atom stereocenters. The van der Waals surface area contributed by atoms with Crippen LogP contribution < -0.4 is 4.72 Å². The molecular formula is C15H30N2O3S. The number of carbonyl (C=O) groups excluding carboxylic acids is 1. The van der Waals surface area contributed by atoms with Crippen molar-refractivity contribution >= 4 is 15.9 Å². The summed E-state index contributed by atoms with van der Waals surface area (Å²) in [4.78, 5) is 14.4. The van der Waals surface area contributed by atoms with E-state index in [9.17, 15) is 13.2 Å². The maximum atomic E-state index is 12.6. The minimum Gasteiger partial charge on any atom is -0.341 e. The van der Waals surface area contributed by atoms with Gasteiger partial charge in [-0.3, -0.25) is 4.79 Å². The molecule has 0 aliphatic carbocycles. The van der Waals surface area contributed by atoms with E-state index in [2.05, 4.69) is 4.72 Å². The highest BCUT2D eigenvalue weighted by atomic mass is 32.2. The second-order valence-corrected chi connectivity index (χ2v) is 8.23. The lowest BCUT2D eigenvalue weighted by atomic mass is 10.0. The fraction of sp³-hybridized carbons (Fsp3) is 0.933. The van der Waals surface area contributed by atoms with Crippen LogP contribution in [0.3, 0.4) is 0 Å². The average molecular weight is 318 g/mol. The molecule has 124 valence electrons. The number of rotatable bonds is 8. The van der Waals surface area contributed by atoms with Crippen molar-refractivity contribution < 1.29 is 13.2 Å². The number of nitrogens with zero attached hydrogens (tertiary/aromatic N) is 1. The number of carbonyl (C=O) groups is 1. The van der Waals surface area contributed by atoms with Crippen LogP contribution in [0.25, 0.3) is 0 Å². The van der Waals surface area contributed by atoms with Crippen LogP contribution in [0, 0.1) is 5.92 Å². The fourth-order valence-electron chi connectivity index (χ4n) is 2.62. The minimum absolute atomic E-state index is 0.0523. The molecule has 0 aromatic heterocycles. The number of likely N-dealkylation sites (tertiary alicyclic amines) is 1. The van der Waals surface area contributed by atoms with Gasteiger partial charge < -0.3 is 4.90 Å². The van der Waals surface area contributed by atoms with E-state index in [-0.39, 0.29) is 17.6 Å². The van der Waals surface area contributed by atoms with Gasteiger partial charge in [0, 0.05) is 13.1 Å². The summed E-state index contributed by atoms with van der Waals surface area (Å²) in [5.41, 5.74) is 0. The minimum atomic E-state index is -3.37. The highest BCUT2D eigenvalue weighted by Gasteiger charge is 2.29. The lowest BCUT2D eigenvalue weighted by molar-refractivity contribution is -0.134. The SMILES string of the molecule is CCCCS(=O)(=O)N[C@@H](CC(C)C)C(=O)N1CCCCC1. The van der Waals surface area contributed by atoms with Gasteiger partial charge >= 0.3 is 0 Å². The topological polar surface area (TPSA) is 66.5 Å². The van der Waals surface area contributed by atoms with E-state index in [1.807, 2.05) is 25.7 Å². The predicted molar refractivity (Wildman–Crippen MR) is 85.5 cm³/mol. The summed E-state index contributed by atoms with van der Waals surface area (Å²) in [6.07, 6.45) is 5.20. The Morgan fingerprint density at radius 2 is 1.81 bits per heavy atom. The second-order valence-electron chi connectivity index (χ2n) is 6.36. The standard InChI is InChI=1S/C15H30N2O3S/c1-4-5-11-21(19,20)16-14(12-13(2)3)15(18)17-9-7-6-8-10-17/h13-14,16H,4-12H2,1-3H3/t14-/m0/s1. The Morgan fingerprint density at radius 3 is 2.33 bits per heavy atom. The molecule has 1 fully saturated rings. The highest BCUT2D eigenvalue weighted by Crippen LogP contribution is 2.14. The quantitative estimate of drug-likeness (QED) is 0.745. The first kappa shape index (κ1) is 18.4. The number of sulfonamides is 1. The molecule has 1 N–H and O–H groups in total. The van der Waals surface area contributed by atoms with Gasteiger partial charge in [0.25, 0.3) is 0 Å². The predicted octanol–water partition coefficient (Wildman–Crippen LogP) is 2.13. The molecule has 0 unspecified atom stereocenters. The van der Waals surface area contributed by atoms with Gasteiger partial charge in [0.15, 0.2) is 0 Å². The molecule has 1 saturated heterocycles. The highest BCUT2D eigenvalue weighted by molar-refractivity contribution is 7.89. The van der Waals surface area contributed by atoms with Gasteiger partial charge in [-0.2, -0.15) is 0 Å². The molecule has 0 spiro atoms. The summed E-state index contributed by atoms with van der Waals surface area (Å²) >= 11 is 0. The van der Waals surface area contributed by atoms with Crippen molar-refractivity contribution in [1.29, 1.82) is 0 Å². The zero-order valence-electron chi connectivity index (χ0n) is 13.6. The molecule has 1 amide bonds. The van der Waals surface area contributed by atoms with Crippen LogP contribution in [-0.2, 0) is 14.8 Å². The average Bonchev–Trinajstić information content (AvgIpc) is 2.44. The van der Waals surface area contributed by atoms with Crippen LogP contribution in [0.4, 0.5) is 0 Å². The Kier molecular flexibility index (Phi) is 7.66. The van der Waals surface area contributed by atoms with E-state index in [1.165, 1.54) is 0 Å². The number of amides is 1. The van der Waals surface area contributed by atoms with Gasteiger partial charge in [-0.15, -0.1) is 0 Å². The molecule has 1 heterocycles. The number of hydrogen-bond acceptors (Lipinski definition) is 3. The summed E-state index contributed by atoms with van der Waals surface area (Å²) in [5, 5.41) is 0. The third-order valence-electron chi connectivity index (χ3n) is 3.76. The van der Waals surface area contributed by atoms with Crippen LogP contribution in [0.1, 0.15) is 59.3 Å². The monoisotopic (exact) mass is 318 g/mol. The van der Waals surface area contributed by atoms with E-state index in [1.54, 1.807) is 0 Å². The van der Waals surface area contributed by atoms with Gasteiger partial charge in [0.05, 0.1) is 5.75 Å². The Bertz CT molecular complexity index is 415. The number of nitrogens with one attached hydrogen (secondary N) is 1. The van der Waals surface area contributed by atoms with Crippen molar-refractivity contribution in [1.82, 2.24) is 9.62 Å². The van der Waals surface area contributed by atoms with Gasteiger partial charge in [-0.05, 0) is 38.0 Å². The Hall–Kier alpha value is -0.620. The molecule has 1 aliphatic heterocycles. The molecule has 6 heteroatoms. The molecule has 0 bridgehead atoms. The first-order valence-corrected chi connectivity index (χ1v) is 9.79. The lowest BCUT2D eigenvalue weighted by Crippen LogP contribution is -2.50. The fourth-order valence-corrected chi connectivity index (χ4v) is 4.03. The van der Waals surface area contributed by atoms with Crippen molar-refractivity contribution in [2.24, 2.45) is 5.92 Å². The van der Waals surface area contributed by atoms with E-state index in [4.69, 9.17) is 0 Å². The first-order chi connectivity index (χ1) is 9.85. The van der Waals surface area contributed by atoms with Gasteiger partial charge in [0.2, 0.25) is 15.9 Å². The van der Waals surface area contributed by atoms with Crippen LogP contribution in [0.15, 0.2) is 0 Å². The largest absolute Gasteiger partial charge is 0.341 e. The van der Waals surface area contributed by atoms with Crippen molar-refractivity contribution in [3.05, 3.63) is 0 Å². The van der Waals surface area contributed by atoms with Crippen LogP contribution >= 0.6 is 0 Å². The van der Waals surface area contributed by atoms with Gasteiger partial charge in [-0.25, -0.2) is 13.1 Å². The lowest BCUT2D eigenvalue weighted by Gasteiger charge is -2.31. The van der Waals surface area contributed by atoms with E-state index < -0.39 is 16.1 Å². The van der Waals surface area contributed by atoms with Gasteiger partial charge in [-0.1, -0.05) is 27.2 Å². The zero-order valence-corrected chi connectivity index (χ0v) is 14.4. The van der Waals surface area contributed by atoms with Crippen molar-refractivity contribution in [3.8, 4) is 0 Å². The maximum absolute atomic E-state index is 12.6. The molecule has 5 nitrogen and oxygen atoms in total. The van der Waals surface area contributed by atoms with Crippen LogP contribution in [-0.4, -0.2) is 44.1 Å². The summed E-state index contributed by atoms with van der Waals surface area (Å²) in [6.45, 7) is 7.49. The molecular weight excluding hydrogens is 288 g/mol. The van der Waals surface area contributed by atoms with Crippen molar-refractivity contribution in [2.75, 3.05) is 18.8 Å². The molecule has 0 radical (unpaired) electrons. The second kappa shape index (κ2) is 8.73. The van der Waals surface area contributed by atoms with Crippen molar-refractivity contribution in [3.63, 3.8) is 0 Å². The van der Waals surface area contributed by atoms with E-state index in [0.717, 1.165) is 38.8 Å². The first-order valence-electron chi connectivity index (χ1n) is 8.14. The van der Waals surface area contributed by atoms with Crippen LogP contribution in [0.2, 0.25) is 0 Å². The normalized spacial score (nSPS) is 18.0. The summed E-state index contributed by atoms with van der Waals surface area (Å²) in [5.74, 6) is 0.326. The third kappa shape index (κ3) is 6.78. The van der Waals surface area contributed by atoms with E-state index in [0.29, 0.717) is 12.8 Å². The summed E-state index contributed by atoms with van der Waals surface area (Å²) in [7, 11) is -3.37. The molecule has 0 aromatic carbocycles. The van der Waals surface area contributed by atoms with Crippen LogP contribution in [0.5, 0.6) is 0 Å². The Balaban J connectivity index is 2.72. The molecule has 1 rings (SSSR count).